The lowest BCUT2D eigenvalue weighted by Crippen LogP contribution is -2.24. The van der Waals surface area contributed by atoms with Crippen molar-refractivity contribution >= 4 is 5.52 Å². The average Bonchev–Trinajstić information content (AvgIpc) is 3.21. The summed E-state index contributed by atoms with van der Waals surface area (Å²) in [7, 11) is 1.57. The third kappa shape index (κ3) is 3.92. The van der Waals surface area contributed by atoms with E-state index in [4.69, 9.17) is 9.47 Å². The molecule has 2 heterocycles. The van der Waals surface area contributed by atoms with Crippen molar-refractivity contribution in [2.24, 2.45) is 0 Å². The summed E-state index contributed by atoms with van der Waals surface area (Å²) in [6.45, 7) is 2.67. The molecular weight excluding hydrogens is 382 g/mol. The quantitative estimate of drug-likeness (QED) is 0.510. The van der Waals surface area contributed by atoms with Crippen LogP contribution in [0.2, 0.25) is 0 Å². The predicted molar refractivity (Wildman–Crippen MR) is 114 cm³/mol. The summed E-state index contributed by atoms with van der Waals surface area (Å²) in [5.74, 6) is 1.45. The largest absolute Gasteiger partial charge is 0.497 e. The van der Waals surface area contributed by atoms with Gasteiger partial charge in [0.25, 0.3) is 5.56 Å². The fraction of sp³-hybridized carbons (Fsp3) is 0.217. The molecule has 0 aliphatic heterocycles. The van der Waals surface area contributed by atoms with Gasteiger partial charge in [-0.1, -0.05) is 12.1 Å². The molecule has 2 aromatic carbocycles. The van der Waals surface area contributed by atoms with E-state index in [0.29, 0.717) is 29.1 Å². The van der Waals surface area contributed by atoms with Gasteiger partial charge in [-0.25, -0.2) is 4.52 Å². The molecule has 0 saturated heterocycles. The Bertz CT molecular complexity index is 1210. The van der Waals surface area contributed by atoms with Gasteiger partial charge in [0.2, 0.25) is 0 Å². The summed E-state index contributed by atoms with van der Waals surface area (Å²) in [5.41, 5.74) is 2.50. The number of methoxy groups -OCH3 is 1. The second-order valence-electron chi connectivity index (χ2n) is 6.86. The van der Waals surface area contributed by atoms with Crippen LogP contribution in [0, 0.1) is 0 Å². The highest BCUT2D eigenvalue weighted by Crippen LogP contribution is 2.23. The molecule has 7 heteroatoms. The van der Waals surface area contributed by atoms with E-state index in [-0.39, 0.29) is 12.1 Å². The van der Waals surface area contributed by atoms with Crippen LogP contribution < -0.4 is 15.0 Å². The molecule has 0 fully saturated rings. The average molecular weight is 405 g/mol. The molecule has 0 unspecified atom stereocenters. The number of aliphatic hydroxyl groups excluding tert-OH is 1. The third-order valence-electron chi connectivity index (χ3n) is 4.91. The molecule has 0 spiro atoms. The van der Waals surface area contributed by atoms with Gasteiger partial charge < -0.3 is 19.1 Å². The number of nitrogens with zero attached hydrogens (tertiary/aromatic N) is 3. The Balaban J connectivity index is 1.61. The Hall–Kier alpha value is -3.58. The predicted octanol–water partition coefficient (Wildman–Crippen LogP) is 3.30. The van der Waals surface area contributed by atoms with Crippen molar-refractivity contribution in [3.05, 3.63) is 82.9 Å². The summed E-state index contributed by atoms with van der Waals surface area (Å²) in [4.78, 5) is 12.9. The topological polar surface area (TPSA) is 78.0 Å². The molecular formula is C23H23N3O4. The fourth-order valence-electron chi connectivity index (χ4n) is 3.34. The van der Waals surface area contributed by atoms with Crippen molar-refractivity contribution < 1.29 is 14.6 Å². The highest BCUT2D eigenvalue weighted by atomic mass is 16.5. The van der Waals surface area contributed by atoms with Crippen LogP contribution in [0.4, 0.5) is 0 Å². The van der Waals surface area contributed by atoms with Gasteiger partial charge in [-0.05, 0) is 55.0 Å². The van der Waals surface area contributed by atoms with Gasteiger partial charge >= 0.3 is 0 Å². The van der Waals surface area contributed by atoms with Gasteiger partial charge in [-0.3, -0.25) is 4.79 Å². The van der Waals surface area contributed by atoms with Crippen LogP contribution in [0.1, 0.15) is 18.6 Å². The second kappa shape index (κ2) is 8.42. The molecule has 1 N–H and O–H groups in total. The first-order valence-corrected chi connectivity index (χ1v) is 9.73. The van der Waals surface area contributed by atoms with Gasteiger partial charge in [0, 0.05) is 18.0 Å². The zero-order valence-electron chi connectivity index (χ0n) is 16.9. The highest BCUT2D eigenvalue weighted by Gasteiger charge is 2.14. The van der Waals surface area contributed by atoms with Gasteiger partial charge in [0.05, 0.1) is 32.1 Å². The molecule has 4 rings (SSSR count). The number of rotatable bonds is 7. The van der Waals surface area contributed by atoms with Crippen LogP contribution in [0.3, 0.4) is 0 Å². The zero-order valence-corrected chi connectivity index (χ0v) is 16.9. The third-order valence-corrected chi connectivity index (χ3v) is 4.91. The normalized spacial score (nSPS) is 12.1. The van der Waals surface area contributed by atoms with E-state index in [1.807, 2.05) is 43.3 Å². The summed E-state index contributed by atoms with van der Waals surface area (Å²) in [6.07, 6.45) is 2.51. The molecule has 154 valence electrons. The minimum absolute atomic E-state index is 0.131. The lowest BCUT2D eigenvalue weighted by molar-refractivity contribution is 0.155. The molecule has 0 aliphatic carbocycles. The van der Waals surface area contributed by atoms with Crippen LogP contribution >= 0.6 is 0 Å². The minimum Gasteiger partial charge on any atom is -0.497 e. The minimum atomic E-state index is -0.839. The first-order chi connectivity index (χ1) is 14.6. The Morgan fingerprint density at radius 3 is 2.60 bits per heavy atom. The number of benzene rings is 2. The van der Waals surface area contributed by atoms with Crippen molar-refractivity contribution in [2.45, 2.75) is 19.6 Å². The van der Waals surface area contributed by atoms with E-state index in [0.717, 1.165) is 11.3 Å². The Morgan fingerprint density at radius 2 is 1.87 bits per heavy atom. The van der Waals surface area contributed by atoms with Crippen molar-refractivity contribution in [3.63, 3.8) is 0 Å². The maximum absolute atomic E-state index is 12.9. The maximum Gasteiger partial charge on any atom is 0.276 e. The standard InChI is InChI=1S/C23H23N3O4/c1-3-30-18-9-7-16(8-10-18)20-14-21-23(28)25(11-12-26(21)24-20)15-22(27)17-5-4-6-19(13-17)29-2/h4-14,22,27H,3,15H2,1-2H3/t22-/m1/s1. The number of aromatic nitrogens is 3. The Morgan fingerprint density at radius 1 is 1.07 bits per heavy atom. The molecule has 4 aromatic rings. The van der Waals surface area contributed by atoms with E-state index in [2.05, 4.69) is 5.10 Å². The first kappa shape index (κ1) is 19.7. The molecule has 0 aliphatic rings. The van der Waals surface area contributed by atoms with E-state index in [9.17, 15) is 9.90 Å². The maximum atomic E-state index is 12.9. The Kier molecular flexibility index (Phi) is 5.54. The highest BCUT2D eigenvalue weighted by molar-refractivity contribution is 5.66. The number of ether oxygens (including phenoxy) is 2. The summed E-state index contributed by atoms with van der Waals surface area (Å²) in [6, 6.07) is 16.5. The number of hydrogen-bond acceptors (Lipinski definition) is 5. The molecule has 1 atom stereocenters. The lowest BCUT2D eigenvalue weighted by Gasteiger charge is -2.14. The van der Waals surface area contributed by atoms with Crippen LogP contribution in [0.15, 0.2) is 71.8 Å². The van der Waals surface area contributed by atoms with Crippen molar-refractivity contribution in [3.8, 4) is 22.8 Å². The fourth-order valence-corrected chi connectivity index (χ4v) is 3.34. The second-order valence-corrected chi connectivity index (χ2v) is 6.86. The molecule has 30 heavy (non-hydrogen) atoms. The number of hydrogen-bond donors (Lipinski definition) is 1. The van der Waals surface area contributed by atoms with E-state index >= 15 is 0 Å². The van der Waals surface area contributed by atoms with Crippen molar-refractivity contribution in [1.82, 2.24) is 14.2 Å². The van der Waals surface area contributed by atoms with Crippen molar-refractivity contribution in [1.29, 1.82) is 0 Å². The van der Waals surface area contributed by atoms with Crippen LogP contribution in [-0.4, -0.2) is 33.0 Å². The van der Waals surface area contributed by atoms with E-state index in [1.165, 1.54) is 4.57 Å². The smallest absolute Gasteiger partial charge is 0.276 e. The monoisotopic (exact) mass is 405 g/mol. The van der Waals surface area contributed by atoms with Gasteiger partial charge in [-0.15, -0.1) is 0 Å². The number of aliphatic hydroxyl groups is 1. The van der Waals surface area contributed by atoms with Gasteiger partial charge in [0.15, 0.2) is 0 Å². The summed E-state index contributed by atoms with van der Waals surface area (Å²) >= 11 is 0. The van der Waals surface area contributed by atoms with Crippen molar-refractivity contribution in [2.75, 3.05) is 13.7 Å². The van der Waals surface area contributed by atoms with E-state index < -0.39 is 6.10 Å². The van der Waals surface area contributed by atoms with Crippen LogP contribution in [0.5, 0.6) is 11.5 Å². The molecule has 7 nitrogen and oxygen atoms in total. The first-order valence-electron chi connectivity index (χ1n) is 9.73. The summed E-state index contributed by atoms with van der Waals surface area (Å²) in [5, 5.41) is 15.1. The molecule has 2 aromatic heterocycles. The molecule has 0 bridgehead atoms. The lowest BCUT2D eigenvalue weighted by atomic mass is 10.1. The van der Waals surface area contributed by atoms with Crippen LogP contribution in [-0.2, 0) is 6.54 Å². The SMILES string of the molecule is CCOc1ccc(-c2cc3c(=O)n(C[C@@H](O)c4cccc(OC)c4)ccn3n2)cc1. The van der Waals surface area contributed by atoms with Crippen LogP contribution in [0.25, 0.3) is 16.8 Å². The zero-order chi connectivity index (χ0) is 21.1. The van der Waals surface area contributed by atoms with Gasteiger partial charge in [0.1, 0.15) is 17.0 Å². The van der Waals surface area contributed by atoms with E-state index in [1.54, 1.807) is 42.2 Å². The number of fused-ring (bicyclic) bond motifs is 1. The molecule has 0 radical (unpaired) electrons. The van der Waals surface area contributed by atoms with Gasteiger partial charge in [-0.2, -0.15) is 5.10 Å². The molecule has 0 amide bonds. The summed E-state index contributed by atoms with van der Waals surface area (Å²) < 4.78 is 13.7. The Labute approximate surface area is 173 Å². The molecule has 0 saturated carbocycles.